The van der Waals surface area contributed by atoms with Gasteiger partial charge in [-0.2, -0.15) is 4.39 Å². The average molecular weight is 405 g/mol. The zero-order chi connectivity index (χ0) is 21.5. The van der Waals surface area contributed by atoms with Gasteiger partial charge in [0.05, 0.1) is 18.1 Å². The maximum Gasteiger partial charge on any atom is 0.614 e. The quantitative estimate of drug-likeness (QED) is 0.370. The number of halogens is 4. The number of Topliss-reactive ketones (excluding diaryl/α,β-unsaturated/α-hetero) is 1. The van der Waals surface area contributed by atoms with Crippen LogP contribution in [0.4, 0.5) is 17.4 Å². The Morgan fingerprint density at radius 2 is 1.72 bits per heavy atom. The molecule has 0 atom stereocenters. The van der Waals surface area contributed by atoms with E-state index in [-0.39, 0.29) is 17.0 Å². The predicted octanol–water partition coefficient (Wildman–Crippen LogP) is 3.63. The molecule has 0 aliphatic heterocycles. The standard InChI is InChI=1S/C19H12BF4NO4/c1-9(26)10-3-5-11(6-4-10)25-8-13(19(28)20(23)24)17(27)12-7-14(21)15(22)18(29-2)16(12)25/h3-8H,1-2H3. The number of pyridine rings is 1. The molecule has 3 rings (SSSR count). The third kappa shape index (κ3) is 3.41. The summed E-state index contributed by atoms with van der Waals surface area (Å²) < 4.78 is 60.1. The van der Waals surface area contributed by atoms with E-state index in [4.69, 9.17) is 4.74 Å². The third-order valence-electron chi connectivity index (χ3n) is 4.36. The lowest BCUT2D eigenvalue weighted by atomic mass is 9.85. The van der Waals surface area contributed by atoms with Gasteiger partial charge in [-0.25, -0.2) is 4.39 Å². The molecule has 0 bridgehead atoms. The van der Waals surface area contributed by atoms with E-state index in [1.807, 2.05) is 0 Å². The minimum atomic E-state index is -3.47. The van der Waals surface area contributed by atoms with Gasteiger partial charge in [0.2, 0.25) is 11.5 Å². The Morgan fingerprint density at radius 3 is 2.24 bits per heavy atom. The Kier molecular flexibility index (Phi) is 5.28. The van der Waals surface area contributed by atoms with Crippen molar-refractivity contribution in [1.82, 2.24) is 4.57 Å². The molecule has 0 unspecified atom stereocenters. The number of hydrogen-bond acceptors (Lipinski definition) is 4. The molecule has 0 aliphatic rings. The van der Waals surface area contributed by atoms with Crippen LogP contribution in [0, 0.1) is 11.6 Å². The Bertz CT molecular complexity index is 1210. The molecule has 0 amide bonds. The summed E-state index contributed by atoms with van der Waals surface area (Å²) in [4.78, 5) is 35.9. The molecule has 5 nitrogen and oxygen atoms in total. The molecule has 0 N–H and O–H groups in total. The van der Waals surface area contributed by atoms with Crippen LogP contribution in [-0.2, 0) is 0 Å². The van der Waals surface area contributed by atoms with E-state index in [0.29, 0.717) is 11.6 Å². The summed E-state index contributed by atoms with van der Waals surface area (Å²) in [5.74, 6) is -3.70. The highest BCUT2D eigenvalue weighted by Gasteiger charge is 2.31. The number of aromatic nitrogens is 1. The van der Waals surface area contributed by atoms with Gasteiger partial charge in [-0.3, -0.25) is 23.0 Å². The fourth-order valence-electron chi connectivity index (χ4n) is 2.94. The second-order valence-electron chi connectivity index (χ2n) is 6.11. The fraction of sp³-hybridized carbons (Fsp3) is 0.105. The van der Waals surface area contributed by atoms with E-state index < -0.39 is 46.7 Å². The number of fused-ring (bicyclic) bond motifs is 1. The van der Waals surface area contributed by atoms with Gasteiger partial charge in [0, 0.05) is 17.4 Å². The van der Waals surface area contributed by atoms with E-state index in [2.05, 4.69) is 0 Å². The van der Waals surface area contributed by atoms with Gasteiger partial charge in [-0.15, -0.1) is 0 Å². The summed E-state index contributed by atoms with van der Waals surface area (Å²) in [7, 11) is -2.43. The van der Waals surface area contributed by atoms with Crippen LogP contribution in [0.25, 0.3) is 16.6 Å². The topological polar surface area (TPSA) is 65.4 Å². The first kappa shape index (κ1) is 20.3. The van der Waals surface area contributed by atoms with E-state index in [1.54, 1.807) is 0 Å². The fourth-order valence-corrected chi connectivity index (χ4v) is 2.94. The van der Waals surface area contributed by atoms with Crippen molar-refractivity contribution in [3.8, 4) is 11.4 Å². The highest BCUT2D eigenvalue weighted by molar-refractivity contribution is 6.82. The van der Waals surface area contributed by atoms with Crippen molar-refractivity contribution in [2.24, 2.45) is 0 Å². The summed E-state index contributed by atoms with van der Waals surface area (Å²) in [5, 5.41) is -0.511. The van der Waals surface area contributed by atoms with Crippen molar-refractivity contribution in [3.63, 3.8) is 0 Å². The first-order chi connectivity index (χ1) is 13.7. The van der Waals surface area contributed by atoms with Crippen LogP contribution in [0.5, 0.6) is 5.75 Å². The molecule has 0 aliphatic carbocycles. The van der Waals surface area contributed by atoms with Crippen molar-refractivity contribution in [2.75, 3.05) is 7.11 Å². The highest BCUT2D eigenvalue weighted by atomic mass is 19.2. The number of hydrogen-bond donors (Lipinski definition) is 0. The molecule has 1 heterocycles. The molecular formula is C19H12BF4NO4. The summed E-state index contributed by atoms with van der Waals surface area (Å²) in [5.41, 5.74) is -3.54. The van der Waals surface area contributed by atoms with Crippen LogP contribution < -0.4 is 10.2 Å². The Labute approximate surface area is 161 Å². The van der Waals surface area contributed by atoms with Crippen LogP contribution in [0.15, 0.2) is 41.3 Å². The summed E-state index contributed by atoms with van der Waals surface area (Å²) in [6.45, 7) is 1.34. The van der Waals surface area contributed by atoms with Gasteiger partial charge in [-0.05, 0) is 37.3 Å². The van der Waals surface area contributed by atoms with Crippen LogP contribution in [0.2, 0.25) is 0 Å². The molecule has 10 heteroatoms. The Morgan fingerprint density at radius 1 is 1.10 bits per heavy atom. The molecule has 3 aromatic rings. The van der Waals surface area contributed by atoms with Crippen molar-refractivity contribution >= 4 is 29.6 Å². The average Bonchev–Trinajstić information content (AvgIpc) is 2.69. The van der Waals surface area contributed by atoms with Crippen molar-refractivity contribution in [1.29, 1.82) is 0 Å². The largest absolute Gasteiger partial charge is 0.614 e. The molecule has 148 valence electrons. The first-order valence-corrected chi connectivity index (χ1v) is 8.22. The SMILES string of the molecule is COc1c(F)c(F)cc2c(=O)c(C(=O)B(F)F)cn(-c3ccc(C(C)=O)cc3)c12. The minimum Gasteiger partial charge on any atom is -0.491 e. The Balaban J connectivity index is 2.47. The van der Waals surface area contributed by atoms with Gasteiger partial charge in [0.25, 0.3) is 0 Å². The molecule has 0 radical (unpaired) electrons. The van der Waals surface area contributed by atoms with E-state index in [0.717, 1.165) is 17.9 Å². The van der Waals surface area contributed by atoms with Crippen molar-refractivity contribution in [2.45, 2.75) is 6.92 Å². The van der Waals surface area contributed by atoms with Gasteiger partial charge in [0.15, 0.2) is 22.8 Å². The highest BCUT2D eigenvalue weighted by Crippen LogP contribution is 2.32. The number of ketones is 1. The smallest absolute Gasteiger partial charge is 0.491 e. The summed E-state index contributed by atoms with van der Waals surface area (Å²) in [6, 6.07) is 6.17. The number of ether oxygens (including phenoxy) is 1. The van der Waals surface area contributed by atoms with Crippen molar-refractivity contribution < 1.29 is 31.7 Å². The predicted molar refractivity (Wildman–Crippen MR) is 98.3 cm³/mol. The minimum absolute atomic E-state index is 0.202. The lowest BCUT2D eigenvalue weighted by Crippen LogP contribution is -2.26. The maximum atomic E-state index is 14.3. The first-order valence-electron chi connectivity index (χ1n) is 8.22. The molecular weight excluding hydrogens is 393 g/mol. The number of methoxy groups -OCH3 is 1. The molecule has 0 saturated heterocycles. The van der Waals surface area contributed by atoms with Gasteiger partial charge in [0.1, 0.15) is 5.52 Å². The lowest BCUT2D eigenvalue weighted by Gasteiger charge is -2.16. The second kappa shape index (κ2) is 7.54. The molecule has 0 fully saturated rings. The van der Waals surface area contributed by atoms with Crippen molar-refractivity contribution in [3.05, 3.63) is 69.5 Å². The maximum absolute atomic E-state index is 14.3. The van der Waals surface area contributed by atoms with Crippen LogP contribution in [-0.4, -0.2) is 30.4 Å². The number of carbonyl (C=O) groups excluding carboxylic acids is 2. The van der Waals surface area contributed by atoms with Gasteiger partial charge >= 0.3 is 7.27 Å². The summed E-state index contributed by atoms with van der Waals surface area (Å²) in [6.07, 6.45) is 0.821. The number of carbonyl (C=O) groups is 2. The van der Waals surface area contributed by atoms with Gasteiger partial charge < -0.3 is 9.30 Å². The van der Waals surface area contributed by atoms with E-state index in [9.17, 15) is 31.8 Å². The number of benzene rings is 2. The van der Waals surface area contributed by atoms with E-state index >= 15 is 0 Å². The normalized spacial score (nSPS) is 10.8. The van der Waals surface area contributed by atoms with Crippen LogP contribution in [0.3, 0.4) is 0 Å². The number of rotatable bonds is 5. The summed E-state index contributed by atoms with van der Waals surface area (Å²) >= 11 is 0. The van der Waals surface area contributed by atoms with Crippen LogP contribution >= 0.6 is 0 Å². The molecule has 2 aromatic carbocycles. The molecule has 0 spiro atoms. The number of nitrogens with zero attached hydrogens (tertiary/aromatic N) is 1. The third-order valence-corrected chi connectivity index (χ3v) is 4.36. The van der Waals surface area contributed by atoms with Gasteiger partial charge in [-0.1, -0.05) is 0 Å². The van der Waals surface area contributed by atoms with Crippen LogP contribution in [0.1, 0.15) is 27.6 Å². The second-order valence-corrected chi connectivity index (χ2v) is 6.11. The molecule has 29 heavy (non-hydrogen) atoms. The zero-order valence-corrected chi connectivity index (χ0v) is 15.1. The zero-order valence-electron chi connectivity index (χ0n) is 15.1. The van der Waals surface area contributed by atoms with E-state index in [1.165, 1.54) is 31.2 Å². The molecule has 1 aromatic heterocycles. The Hall–Kier alpha value is -3.43. The lowest BCUT2D eigenvalue weighted by molar-refractivity contribution is 0.101. The molecule has 0 saturated carbocycles. The monoisotopic (exact) mass is 405 g/mol.